The summed E-state index contributed by atoms with van der Waals surface area (Å²) in [4.78, 5) is 0. The van der Waals surface area contributed by atoms with E-state index in [-0.39, 0.29) is 11.1 Å². The molecule has 0 heterocycles. The molecule has 23 heavy (non-hydrogen) atoms. The molecule has 0 bridgehead atoms. The van der Waals surface area contributed by atoms with E-state index in [9.17, 15) is 0 Å². The average Bonchev–Trinajstić information content (AvgIpc) is 2.40. The molecule has 1 saturated carbocycles. The lowest BCUT2D eigenvalue weighted by molar-refractivity contribution is -0.0355. The van der Waals surface area contributed by atoms with Crippen LogP contribution in [-0.4, -0.2) is 8.32 Å². The Balaban J connectivity index is 2.37. The predicted molar refractivity (Wildman–Crippen MR) is 106 cm³/mol. The van der Waals surface area contributed by atoms with Crippen LogP contribution in [0, 0.1) is 5.41 Å². The second-order valence-electron chi connectivity index (χ2n) is 8.78. The Kier molecular flexibility index (Phi) is 5.85. The summed E-state index contributed by atoms with van der Waals surface area (Å²) in [7, 11) is -1.80. The molecule has 3 heteroatoms. The Morgan fingerprint density at radius 3 is 2.13 bits per heavy atom. The molecule has 1 aliphatic rings. The Morgan fingerprint density at radius 2 is 1.74 bits per heavy atom. The Bertz CT molecular complexity index is 511. The van der Waals surface area contributed by atoms with E-state index in [0.717, 1.165) is 4.47 Å². The van der Waals surface area contributed by atoms with Gasteiger partial charge in [-0.1, -0.05) is 68.6 Å². The average molecular weight is 397 g/mol. The largest absolute Gasteiger partial charge is 0.409 e. The second-order valence-corrected chi connectivity index (χ2v) is 14.4. The second kappa shape index (κ2) is 7.01. The smallest absolute Gasteiger partial charge is 0.192 e. The fraction of sp³-hybridized carbons (Fsp3) is 0.700. The molecule has 1 aromatic rings. The third-order valence-corrected chi connectivity index (χ3v) is 11.0. The van der Waals surface area contributed by atoms with E-state index in [1.807, 2.05) is 0 Å². The van der Waals surface area contributed by atoms with Crippen molar-refractivity contribution in [3.63, 3.8) is 0 Å². The zero-order valence-electron chi connectivity index (χ0n) is 15.7. The number of hydrogen-bond donors (Lipinski definition) is 0. The Hall–Kier alpha value is -0.123. The summed E-state index contributed by atoms with van der Waals surface area (Å²) in [5, 5.41) is 0.248. The highest BCUT2D eigenvalue weighted by atomic mass is 79.9. The van der Waals surface area contributed by atoms with Crippen molar-refractivity contribution in [3.8, 4) is 0 Å². The van der Waals surface area contributed by atoms with Gasteiger partial charge in [0, 0.05) is 4.47 Å². The minimum Gasteiger partial charge on any atom is -0.409 e. The van der Waals surface area contributed by atoms with Gasteiger partial charge in [0.05, 0.1) is 6.10 Å². The van der Waals surface area contributed by atoms with Gasteiger partial charge in [0.25, 0.3) is 0 Å². The molecule has 0 amide bonds. The summed E-state index contributed by atoms with van der Waals surface area (Å²) in [6, 6.07) is 8.85. The maximum absolute atomic E-state index is 7.01. The van der Waals surface area contributed by atoms with Crippen LogP contribution in [-0.2, 0) is 4.43 Å². The van der Waals surface area contributed by atoms with Crippen LogP contribution in [0.3, 0.4) is 0 Å². The van der Waals surface area contributed by atoms with E-state index in [1.165, 1.54) is 37.7 Å². The number of halogens is 1. The van der Waals surface area contributed by atoms with Crippen LogP contribution in [0.15, 0.2) is 28.7 Å². The summed E-state index contributed by atoms with van der Waals surface area (Å²) in [5.41, 5.74) is 1.73. The first-order valence-electron chi connectivity index (χ1n) is 9.05. The van der Waals surface area contributed by atoms with Crippen LogP contribution in [0.2, 0.25) is 18.1 Å². The van der Waals surface area contributed by atoms with Crippen LogP contribution in [0.5, 0.6) is 0 Å². The standard InChI is InChI=1S/C20H33BrOSi/c1-7-13-20(14-8-15-20)18(16-9-11-17(21)12-10-16)22-23(5,6)19(2,3)4/h9-12,18H,7-8,13-15H2,1-6H3. The third kappa shape index (κ3) is 4.11. The van der Waals surface area contributed by atoms with Gasteiger partial charge >= 0.3 is 0 Å². The maximum atomic E-state index is 7.01. The van der Waals surface area contributed by atoms with Crippen LogP contribution < -0.4 is 0 Å². The molecular formula is C20H33BrOSi. The summed E-state index contributed by atoms with van der Waals surface area (Å²) < 4.78 is 8.16. The van der Waals surface area contributed by atoms with Gasteiger partial charge in [-0.05, 0) is 60.5 Å². The third-order valence-electron chi connectivity index (χ3n) is 6.04. The number of benzene rings is 1. The van der Waals surface area contributed by atoms with Gasteiger partial charge in [-0.25, -0.2) is 0 Å². The van der Waals surface area contributed by atoms with Crippen LogP contribution in [0.25, 0.3) is 0 Å². The van der Waals surface area contributed by atoms with Crippen LogP contribution >= 0.6 is 15.9 Å². The highest BCUT2D eigenvalue weighted by molar-refractivity contribution is 9.10. The quantitative estimate of drug-likeness (QED) is 0.452. The molecule has 0 N–H and O–H groups in total. The van der Waals surface area contributed by atoms with Crippen molar-refractivity contribution in [3.05, 3.63) is 34.3 Å². The van der Waals surface area contributed by atoms with Crippen LogP contribution in [0.1, 0.15) is 71.5 Å². The molecule has 1 aliphatic carbocycles. The first kappa shape index (κ1) is 19.2. The summed E-state index contributed by atoms with van der Waals surface area (Å²) in [6.45, 7) is 14.1. The Morgan fingerprint density at radius 1 is 1.17 bits per heavy atom. The van der Waals surface area contributed by atoms with Crippen LogP contribution in [0.4, 0.5) is 0 Å². The molecule has 130 valence electrons. The minimum absolute atomic E-state index is 0.248. The minimum atomic E-state index is -1.80. The molecular weight excluding hydrogens is 364 g/mol. The number of rotatable bonds is 6. The molecule has 1 unspecified atom stereocenters. The van der Waals surface area contributed by atoms with E-state index < -0.39 is 8.32 Å². The van der Waals surface area contributed by atoms with Gasteiger partial charge < -0.3 is 4.43 Å². The summed E-state index contributed by atoms with van der Waals surface area (Å²) >= 11 is 3.57. The van der Waals surface area contributed by atoms with Crippen molar-refractivity contribution >= 4 is 24.2 Å². The molecule has 0 aliphatic heterocycles. The maximum Gasteiger partial charge on any atom is 0.192 e. The zero-order chi connectivity index (χ0) is 17.3. The predicted octanol–water partition coefficient (Wildman–Crippen LogP) is 7.48. The fourth-order valence-corrected chi connectivity index (χ4v) is 5.02. The molecule has 1 nitrogen and oxygen atoms in total. The van der Waals surface area contributed by atoms with Crippen molar-refractivity contribution in [1.29, 1.82) is 0 Å². The number of hydrogen-bond acceptors (Lipinski definition) is 1. The molecule has 1 fully saturated rings. The summed E-state index contributed by atoms with van der Waals surface area (Å²) in [5.74, 6) is 0. The van der Waals surface area contributed by atoms with Crippen molar-refractivity contribution in [2.24, 2.45) is 5.41 Å². The normalized spacial score (nSPS) is 19.3. The highest BCUT2D eigenvalue weighted by Crippen LogP contribution is 2.57. The topological polar surface area (TPSA) is 9.23 Å². The first-order chi connectivity index (χ1) is 10.6. The van der Waals surface area contributed by atoms with Gasteiger partial charge in [-0.2, -0.15) is 0 Å². The van der Waals surface area contributed by atoms with Gasteiger partial charge in [0.2, 0.25) is 0 Å². The fourth-order valence-electron chi connectivity index (χ4n) is 3.43. The molecule has 0 spiro atoms. The monoisotopic (exact) mass is 396 g/mol. The van der Waals surface area contributed by atoms with Gasteiger partial charge in [-0.15, -0.1) is 0 Å². The SMILES string of the molecule is CCCC1(C(O[Si](C)(C)C(C)(C)C)c2ccc(Br)cc2)CCC1. The van der Waals surface area contributed by atoms with Crippen molar-refractivity contribution in [1.82, 2.24) is 0 Å². The molecule has 0 aromatic heterocycles. The zero-order valence-corrected chi connectivity index (χ0v) is 18.3. The first-order valence-corrected chi connectivity index (χ1v) is 12.7. The molecule has 1 atom stereocenters. The summed E-state index contributed by atoms with van der Waals surface area (Å²) in [6.07, 6.45) is 6.77. The molecule has 0 radical (unpaired) electrons. The lowest BCUT2D eigenvalue weighted by atomic mass is 9.61. The van der Waals surface area contributed by atoms with E-state index >= 15 is 0 Å². The van der Waals surface area contributed by atoms with Crippen molar-refractivity contribution < 1.29 is 4.43 Å². The Labute approximate surface area is 152 Å². The van der Waals surface area contributed by atoms with Gasteiger partial charge in [-0.3, -0.25) is 0 Å². The lowest BCUT2D eigenvalue weighted by Crippen LogP contribution is -2.47. The molecule has 2 rings (SSSR count). The van der Waals surface area contributed by atoms with E-state index in [1.54, 1.807) is 0 Å². The van der Waals surface area contributed by atoms with Gasteiger partial charge in [0.1, 0.15) is 0 Å². The van der Waals surface area contributed by atoms with E-state index in [0.29, 0.717) is 5.41 Å². The van der Waals surface area contributed by atoms with E-state index in [2.05, 4.69) is 81.0 Å². The van der Waals surface area contributed by atoms with E-state index in [4.69, 9.17) is 4.43 Å². The van der Waals surface area contributed by atoms with Crippen molar-refractivity contribution in [2.75, 3.05) is 0 Å². The van der Waals surface area contributed by atoms with Crippen molar-refractivity contribution in [2.45, 2.75) is 84.0 Å². The lowest BCUT2D eigenvalue weighted by Gasteiger charge is -2.52. The van der Waals surface area contributed by atoms with Gasteiger partial charge in [0.15, 0.2) is 8.32 Å². The molecule has 1 aromatic carbocycles. The highest BCUT2D eigenvalue weighted by Gasteiger charge is 2.49. The molecule has 0 saturated heterocycles.